The molecule has 264 valence electrons. The molecule has 0 unspecified atom stereocenters. The van der Waals surface area contributed by atoms with Crippen molar-refractivity contribution >= 4 is 60.2 Å². The third-order valence-electron chi connectivity index (χ3n) is 12.2. The number of benzene rings is 10. The Kier molecular flexibility index (Phi) is 7.28. The number of rotatable bonds is 5. The lowest BCUT2D eigenvalue weighted by atomic mass is 9.82. The van der Waals surface area contributed by atoms with Crippen LogP contribution in [-0.4, -0.2) is 0 Å². The van der Waals surface area contributed by atoms with E-state index in [0.29, 0.717) is 0 Å². The molecule has 10 aromatic rings. The van der Waals surface area contributed by atoms with Gasteiger partial charge in [-0.2, -0.15) is 0 Å². The Hall–Kier alpha value is -6.96. The number of hydrogen-bond acceptors (Lipinski definition) is 1. The Morgan fingerprint density at radius 3 is 1.75 bits per heavy atom. The number of para-hydroxylation sites is 1. The summed E-state index contributed by atoms with van der Waals surface area (Å²) in [4.78, 5) is 2.47. The summed E-state index contributed by atoms with van der Waals surface area (Å²) in [5, 5.41) is 10.1. The highest BCUT2D eigenvalue weighted by Crippen LogP contribution is 2.51. The maximum absolute atomic E-state index is 2.47. The summed E-state index contributed by atoms with van der Waals surface area (Å²) >= 11 is 0. The molecule has 1 aliphatic rings. The van der Waals surface area contributed by atoms with Gasteiger partial charge in [-0.25, -0.2) is 0 Å². The van der Waals surface area contributed by atoms with Gasteiger partial charge in [0.05, 0.1) is 5.69 Å². The maximum Gasteiger partial charge on any atom is 0.0540 e. The first kappa shape index (κ1) is 32.5. The molecule has 0 radical (unpaired) electrons. The Labute approximate surface area is 327 Å². The summed E-state index contributed by atoms with van der Waals surface area (Å²) in [5.41, 5.74) is 13.6. The average molecular weight is 714 g/mol. The van der Waals surface area contributed by atoms with Crippen molar-refractivity contribution < 1.29 is 0 Å². The number of anilines is 3. The molecule has 0 atom stereocenters. The highest BCUT2D eigenvalue weighted by atomic mass is 15.1. The van der Waals surface area contributed by atoms with Crippen molar-refractivity contribution in [2.24, 2.45) is 0 Å². The lowest BCUT2D eigenvalue weighted by Gasteiger charge is -2.30. The molecular weight excluding hydrogens is 675 g/mol. The molecule has 0 spiro atoms. The van der Waals surface area contributed by atoms with Gasteiger partial charge in [-0.3, -0.25) is 0 Å². The predicted molar refractivity (Wildman–Crippen MR) is 240 cm³/mol. The van der Waals surface area contributed by atoms with E-state index in [4.69, 9.17) is 0 Å². The fourth-order valence-electron chi connectivity index (χ4n) is 9.51. The molecule has 0 saturated heterocycles. The van der Waals surface area contributed by atoms with E-state index in [1.807, 2.05) is 0 Å². The van der Waals surface area contributed by atoms with Crippen LogP contribution in [-0.2, 0) is 5.41 Å². The quantitative estimate of drug-likeness (QED) is 0.161. The maximum atomic E-state index is 2.47. The molecule has 0 aromatic heterocycles. The monoisotopic (exact) mass is 713 g/mol. The Balaban J connectivity index is 1.13. The lowest BCUT2D eigenvalue weighted by molar-refractivity contribution is 0.660. The summed E-state index contributed by atoms with van der Waals surface area (Å²) in [6.07, 6.45) is 0. The van der Waals surface area contributed by atoms with Gasteiger partial charge in [-0.15, -0.1) is 0 Å². The molecule has 11 rings (SSSR count). The predicted octanol–water partition coefficient (Wildman–Crippen LogP) is 15.4. The van der Waals surface area contributed by atoms with Crippen LogP contribution in [0.1, 0.15) is 25.0 Å². The third kappa shape index (κ3) is 4.94. The van der Waals surface area contributed by atoms with Gasteiger partial charge >= 0.3 is 0 Å². The summed E-state index contributed by atoms with van der Waals surface area (Å²) < 4.78 is 0. The highest BCUT2D eigenvalue weighted by molar-refractivity contribution is 6.23. The SMILES string of the molecule is CC1(C)c2ccccc2-c2ccc(N(c3ccc(-c4cc5ccccc5c5ccc6ccccc6c45)cc3)c3ccccc3-c3cccc4ccccc34)cc21. The fraction of sp³-hybridized carbons (Fsp3) is 0.0545. The van der Waals surface area contributed by atoms with Crippen molar-refractivity contribution in [1.29, 1.82) is 0 Å². The minimum absolute atomic E-state index is 0.119. The second-order valence-electron chi connectivity index (χ2n) is 15.7. The summed E-state index contributed by atoms with van der Waals surface area (Å²) in [6.45, 7) is 4.73. The zero-order valence-corrected chi connectivity index (χ0v) is 31.5. The zero-order chi connectivity index (χ0) is 37.4. The molecule has 1 heteroatoms. The van der Waals surface area contributed by atoms with Crippen LogP contribution in [0.2, 0.25) is 0 Å². The van der Waals surface area contributed by atoms with E-state index in [-0.39, 0.29) is 5.41 Å². The highest BCUT2D eigenvalue weighted by Gasteiger charge is 2.36. The second-order valence-corrected chi connectivity index (χ2v) is 15.7. The number of nitrogens with zero attached hydrogens (tertiary/aromatic N) is 1. The molecular formula is C55H39N. The van der Waals surface area contributed by atoms with Crippen LogP contribution >= 0.6 is 0 Å². The minimum Gasteiger partial charge on any atom is -0.310 e. The summed E-state index contributed by atoms with van der Waals surface area (Å²) in [6, 6.07) is 74.0. The van der Waals surface area contributed by atoms with Gasteiger partial charge in [0.1, 0.15) is 0 Å². The summed E-state index contributed by atoms with van der Waals surface area (Å²) in [5.74, 6) is 0. The fourth-order valence-corrected chi connectivity index (χ4v) is 9.51. The first-order chi connectivity index (χ1) is 27.5. The van der Waals surface area contributed by atoms with Crippen molar-refractivity contribution in [1.82, 2.24) is 0 Å². The standard InChI is InChI=1S/C55H39N/c1-55(2)51-24-11-9-21-46(51)47-33-31-41(35-52(47)55)56(53-25-12-10-22-48(53)45-23-13-17-36-14-3-6-18-42(36)45)40-29-26-38(27-30-40)50-34-39-16-5-7-19-43(39)49-32-28-37-15-4-8-20-44(37)54(49)50/h3-35H,1-2H3. The first-order valence-corrected chi connectivity index (χ1v) is 19.6. The molecule has 1 aliphatic carbocycles. The minimum atomic E-state index is -0.119. The van der Waals surface area contributed by atoms with Crippen LogP contribution in [0, 0.1) is 0 Å². The van der Waals surface area contributed by atoms with Crippen molar-refractivity contribution in [3.8, 4) is 33.4 Å². The van der Waals surface area contributed by atoms with Crippen LogP contribution in [0.25, 0.3) is 76.5 Å². The molecule has 0 saturated carbocycles. The van der Waals surface area contributed by atoms with Crippen LogP contribution in [0.3, 0.4) is 0 Å². The van der Waals surface area contributed by atoms with E-state index in [1.54, 1.807) is 0 Å². The van der Waals surface area contributed by atoms with Crippen molar-refractivity contribution in [2.75, 3.05) is 4.90 Å². The van der Waals surface area contributed by atoms with Gasteiger partial charge in [0.15, 0.2) is 0 Å². The molecule has 10 aromatic carbocycles. The van der Waals surface area contributed by atoms with Gasteiger partial charge in [0.2, 0.25) is 0 Å². The van der Waals surface area contributed by atoms with Crippen LogP contribution in [0.15, 0.2) is 200 Å². The van der Waals surface area contributed by atoms with Crippen molar-refractivity contribution in [3.63, 3.8) is 0 Å². The zero-order valence-electron chi connectivity index (χ0n) is 31.5. The van der Waals surface area contributed by atoms with Crippen molar-refractivity contribution in [3.05, 3.63) is 211 Å². The van der Waals surface area contributed by atoms with E-state index in [1.165, 1.54) is 87.6 Å². The second kappa shape index (κ2) is 12.5. The van der Waals surface area contributed by atoms with E-state index in [9.17, 15) is 0 Å². The third-order valence-corrected chi connectivity index (χ3v) is 12.2. The van der Waals surface area contributed by atoms with E-state index in [0.717, 1.165) is 17.1 Å². The van der Waals surface area contributed by atoms with Crippen LogP contribution in [0.4, 0.5) is 17.1 Å². The summed E-state index contributed by atoms with van der Waals surface area (Å²) in [7, 11) is 0. The molecule has 0 fully saturated rings. The molecule has 0 amide bonds. The van der Waals surface area contributed by atoms with Gasteiger partial charge in [0, 0.05) is 22.4 Å². The molecule has 56 heavy (non-hydrogen) atoms. The molecule has 0 heterocycles. The topological polar surface area (TPSA) is 3.24 Å². The largest absolute Gasteiger partial charge is 0.310 e. The average Bonchev–Trinajstić information content (AvgIpc) is 3.49. The Morgan fingerprint density at radius 2 is 0.929 bits per heavy atom. The molecule has 0 bridgehead atoms. The normalized spacial score (nSPS) is 13.0. The van der Waals surface area contributed by atoms with E-state index >= 15 is 0 Å². The smallest absolute Gasteiger partial charge is 0.0540 e. The van der Waals surface area contributed by atoms with Crippen LogP contribution < -0.4 is 4.90 Å². The van der Waals surface area contributed by atoms with Gasteiger partial charge in [-0.05, 0) is 118 Å². The van der Waals surface area contributed by atoms with E-state index < -0.39 is 0 Å². The first-order valence-electron chi connectivity index (χ1n) is 19.6. The van der Waals surface area contributed by atoms with E-state index in [2.05, 4.69) is 219 Å². The number of hydrogen-bond donors (Lipinski definition) is 0. The Bertz CT molecular complexity index is 3160. The lowest BCUT2D eigenvalue weighted by Crippen LogP contribution is -2.16. The Morgan fingerprint density at radius 1 is 0.339 bits per heavy atom. The van der Waals surface area contributed by atoms with Gasteiger partial charge in [0.25, 0.3) is 0 Å². The molecule has 0 aliphatic heterocycles. The number of fused-ring (bicyclic) bond motifs is 9. The molecule has 0 N–H and O–H groups in total. The van der Waals surface area contributed by atoms with Crippen LogP contribution in [0.5, 0.6) is 0 Å². The van der Waals surface area contributed by atoms with Gasteiger partial charge < -0.3 is 4.90 Å². The molecule has 1 nitrogen and oxygen atoms in total. The van der Waals surface area contributed by atoms with Crippen molar-refractivity contribution in [2.45, 2.75) is 19.3 Å². The van der Waals surface area contributed by atoms with Gasteiger partial charge in [-0.1, -0.05) is 178 Å².